The standard InChI is InChI=1S/C18H12ClN7S/c19-14-2-1-3-15(8-14)26-18(27)16(10-21-26)17-22-24-25(23-17)11-13-6-4-12(9-20)5-7-13/h1-8,10,27H,11H2. The van der Waals surface area contributed by atoms with Gasteiger partial charge in [0.1, 0.15) is 5.03 Å². The molecule has 0 atom stereocenters. The molecule has 2 heterocycles. The summed E-state index contributed by atoms with van der Waals surface area (Å²) in [6, 6.07) is 16.7. The Bertz CT molecular complexity index is 1140. The normalized spacial score (nSPS) is 10.7. The second-order valence-electron chi connectivity index (χ2n) is 5.73. The topological polar surface area (TPSA) is 85.2 Å². The van der Waals surface area contributed by atoms with Gasteiger partial charge in [-0.2, -0.15) is 15.2 Å². The summed E-state index contributed by atoms with van der Waals surface area (Å²) >= 11 is 10.6. The molecule has 132 valence electrons. The third kappa shape index (κ3) is 3.56. The van der Waals surface area contributed by atoms with Gasteiger partial charge < -0.3 is 0 Å². The molecule has 0 N–H and O–H groups in total. The van der Waals surface area contributed by atoms with E-state index in [0.29, 0.717) is 33.5 Å². The maximum atomic E-state index is 8.86. The second-order valence-corrected chi connectivity index (χ2v) is 6.59. The minimum atomic E-state index is 0.432. The summed E-state index contributed by atoms with van der Waals surface area (Å²) in [7, 11) is 0. The third-order valence-electron chi connectivity index (χ3n) is 3.90. The Kier molecular flexibility index (Phi) is 4.62. The summed E-state index contributed by atoms with van der Waals surface area (Å²) in [5, 5.41) is 27.0. The number of hydrogen-bond acceptors (Lipinski definition) is 6. The number of nitriles is 1. The molecule has 0 bridgehead atoms. The lowest BCUT2D eigenvalue weighted by molar-refractivity contribution is 0.573. The molecule has 0 fully saturated rings. The minimum Gasteiger partial charge on any atom is -0.227 e. The van der Waals surface area contributed by atoms with E-state index in [2.05, 4.69) is 39.2 Å². The number of tetrazole rings is 1. The lowest BCUT2D eigenvalue weighted by Gasteiger charge is -2.04. The quantitative estimate of drug-likeness (QED) is 0.537. The fourth-order valence-corrected chi connectivity index (χ4v) is 3.07. The third-order valence-corrected chi connectivity index (χ3v) is 4.56. The molecule has 0 spiro atoms. The zero-order valence-corrected chi connectivity index (χ0v) is 15.5. The molecule has 0 amide bonds. The molecule has 4 aromatic rings. The molecule has 0 aliphatic carbocycles. The number of hydrogen-bond donors (Lipinski definition) is 1. The van der Waals surface area contributed by atoms with Gasteiger partial charge in [0.2, 0.25) is 5.82 Å². The van der Waals surface area contributed by atoms with Crippen molar-refractivity contribution in [1.29, 1.82) is 5.26 Å². The Balaban J connectivity index is 1.59. The minimum absolute atomic E-state index is 0.432. The SMILES string of the molecule is N#Cc1ccc(Cn2nnc(-c3cnn(-c4cccc(Cl)c4)c3S)n2)cc1. The van der Waals surface area contributed by atoms with Gasteiger partial charge in [-0.1, -0.05) is 29.8 Å². The zero-order valence-electron chi connectivity index (χ0n) is 13.9. The van der Waals surface area contributed by atoms with E-state index in [-0.39, 0.29) is 0 Å². The molecule has 0 aliphatic rings. The van der Waals surface area contributed by atoms with E-state index in [1.807, 2.05) is 24.3 Å². The first-order chi connectivity index (χ1) is 13.1. The highest BCUT2D eigenvalue weighted by Gasteiger charge is 2.16. The van der Waals surface area contributed by atoms with E-state index in [1.165, 1.54) is 4.80 Å². The van der Waals surface area contributed by atoms with Crippen molar-refractivity contribution in [1.82, 2.24) is 30.0 Å². The van der Waals surface area contributed by atoms with Crippen molar-refractivity contribution in [2.75, 3.05) is 0 Å². The van der Waals surface area contributed by atoms with Crippen LogP contribution >= 0.6 is 24.2 Å². The molecule has 4 rings (SSSR count). The predicted octanol–water partition coefficient (Wildman–Crippen LogP) is 3.39. The number of rotatable bonds is 4. The van der Waals surface area contributed by atoms with Gasteiger partial charge >= 0.3 is 0 Å². The van der Waals surface area contributed by atoms with Gasteiger partial charge in [-0.15, -0.1) is 22.8 Å². The van der Waals surface area contributed by atoms with Crippen molar-refractivity contribution in [3.63, 3.8) is 0 Å². The van der Waals surface area contributed by atoms with E-state index in [0.717, 1.165) is 11.3 Å². The molecule has 2 aromatic heterocycles. The maximum Gasteiger partial charge on any atom is 0.209 e. The number of nitrogens with zero attached hydrogens (tertiary/aromatic N) is 7. The fourth-order valence-electron chi connectivity index (χ4n) is 2.56. The summed E-state index contributed by atoms with van der Waals surface area (Å²) in [6.07, 6.45) is 1.65. The van der Waals surface area contributed by atoms with Crippen LogP contribution in [0.3, 0.4) is 0 Å². The molecule has 27 heavy (non-hydrogen) atoms. The Morgan fingerprint density at radius 3 is 2.70 bits per heavy atom. The van der Waals surface area contributed by atoms with Crippen LogP contribution in [0.15, 0.2) is 59.8 Å². The largest absolute Gasteiger partial charge is 0.227 e. The summed E-state index contributed by atoms with van der Waals surface area (Å²) in [4.78, 5) is 1.49. The molecular weight excluding hydrogens is 382 g/mol. The van der Waals surface area contributed by atoms with Gasteiger partial charge in [-0.05, 0) is 41.1 Å². The molecule has 0 saturated carbocycles. The maximum absolute atomic E-state index is 8.86. The van der Waals surface area contributed by atoms with E-state index in [1.54, 1.807) is 35.1 Å². The Morgan fingerprint density at radius 1 is 1.15 bits per heavy atom. The first-order valence-corrected chi connectivity index (χ1v) is 8.77. The van der Waals surface area contributed by atoms with Crippen molar-refractivity contribution in [3.05, 3.63) is 70.9 Å². The average molecular weight is 394 g/mol. The highest BCUT2D eigenvalue weighted by Crippen LogP contribution is 2.26. The van der Waals surface area contributed by atoms with Crippen LogP contribution in [-0.2, 0) is 6.54 Å². The Morgan fingerprint density at radius 2 is 1.96 bits per heavy atom. The van der Waals surface area contributed by atoms with Crippen molar-refractivity contribution in [2.24, 2.45) is 0 Å². The van der Waals surface area contributed by atoms with Crippen LogP contribution in [0.25, 0.3) is 17.1 Å². The summed E-state index contributed by atoms with van der Waals surface area (Å²) in [5.74, 6) is 0.432. The first-order valence-electron chi connectivity index (χ1n) is 7.94. The van der Waals surface area contributed by atoms with Gasteiger partial charge in [0.05, 0.1) is 35.6 Å². The number of thiol groups is 1. The molecule has 2 aromatic carbocycles. The summed E-state index contributed by atoms with van der Waals surface area (Å²) in [6.45, 7) is 0.447. The van der Waals surface area contributed by atoms with E-state index in [4.69, 9.17) is 16.9 Å². The highest BCUT2D eigenvalue weighted by atomic mass is 35.5. The number of aromatic nitrogens is 6. The summed E-state index contributed by atoms with van der Waals surface area (Å²) < 4.78 is 1.66. The molecule has 0 radical (unpaired) electrons. The van der Waals surface area contributed by atoms with Crippen molar-refractivity contribution in [3.8, 4) is 23.1 Å². The molecule has 0 unspecified atom stereocenters. The first kappa shape index (κ1) is 17.3. The monoisotopic (exact) mass is 393 g/mol. The van der Waals surface area contributed by atoms with Gasteiger partial charge in [-0.3, -0.25) is 0 Å². The van der Waals surface area contributed by atoms with Gasteiger partial charge in [-0.25, -0.2) is 4.68 Å². The van der Waals surface area contributed by atoms with E-state index < -0.39 is 0 Å². The molecule has 7 nitrogen and oxygen atoms in total. The van der Waals surface area contributed by atoms with Crippen LogP contribution in [0.1, 0.15) is 11.1 Å². The van der Waals surface area contributed by atoms with Crippen LogP contribution in [0.2, 0.25) is 5.02 Å². The van der Waals surface area contributed by atoms with E-state index >= 15 is 0 Å². The smallest absolute Gasteiger partial charge is 0.209 e. The average Bonchev–Trinajstić information content (AvgIpc) is 3.28. The molecule has 0 aliphatic heterocycles. The van der Waals surface area contributed by atoms with Crippen LogP contribution in [0, 0.1) is 11.3 Å². The lowest BCUT2D eigenvalue weighted by Crippen LogP contribution is -2.04. The molecule has 9 heteroatoms. The number of halogens is 1. The van der Waals surface area contributed by atoms with Crippen molar-refractivity contribution in [2.45, 2.75) is 11.6 Å². The van der Waals surface area contributed by atoms with Crippen LogP contribution in [0.5, 0.6) is 0 Å². The molecular formula is C18H12ClN7S. The van der Waals surface area contributed by atoms with Crippen molar-refractivity contribution >= 4 is 24.2 Å². The van der Waals surface area contributed by atoms with Crippen LogP contribution in [0.4, 0.5) is 0 Å². The van der Waals surface area contributed by atoms with E-state index in [9.17, 15) is 0 Å². The van der Waals surface area contributed by atoms with Crippen LogP contribution < -0.4 is 0 Å². The number of benzene rings is 2. The second kappa shape index (κ2) is 7.23. The highest BCUT2D eigenvalue weighted by molar-refractivity contribution is 7.80. The van der Waals surface area contributed by atoms with Crippen LogP contribution in [-0.4, -0.2) is 30.0 Å². The predicted molar refractivity (Wildman–Crippen MR) is 103 cm³/mol. The fraction of sp³-hybridized carbons (Fsp3) is 0.0556. The van der Waals surface area contributed by atoms with Crippen molar-refractivity contribution < 1.29 is 0 Å². The molecule has 0 saturated heterocycles. The lowest BCUT2D eigenvalue weighted by atomic mass is 10.1. The van der Waals surface area contributed by atoms with Gasteiger partial charge in [0.15, 0.2) is 0 Å². The van der Waals surface area contributed by atoms with Gasteiger partial charge in [0.25, 0.3) is 0 Å². The zero-order chi connectivity index (χ0) is 18.8. The summed E-state index contributed by atoms with van der Waals surface area (Å²) in [5.41, 5.74) is 3.05. The van der Waals surface area contributed by atoms with Gasteiger partial charge in [0, 0.05) is 5.02 Å². The Hall–Kier alpha value is -3.15. The Labute approximate surface area is 165 Å².